The first kappa shape index (κ1) is 16.2. The van der Waals surface area contributed by atoms with Crippen molar-refractivity contribution in [1.29, 1.82) is 0 Å². The van der Waals surface area contributed by atoms with E-state index >= 15 is 0 Å². The lowest BCUT2D eigenvalue weighted by atomic mass is 9.92. The summed E-state index contributed by atoms with van der Waals surface area (Å²) in [5, 5.41) is 7.62. The number of aromatic nitrogens is 3. The van der Waals surface area contributed by atoms with Gasteiger partial charge >= 0.3 is 6.03 Å². The molecule has 0 radical (unpaired) electrons. The van der Waals surface area contributed by atoms with Gasteiger partial charge in [-0.25, -0.2) is 14.3 Å². The number of carbonyl (C=O) groups excluding carboxylic acids is 1. The van der Waals surface area contributed by atoms with Crippen LogP contribution in [0.2, 0.25) is 0 Å². The largest absolute Gasteiger partial charge is 0.355 e. The molecule has 2 amide bonds. The van der Waals surface area contributed by atoms with Gasteiger partial charge in [-0.3, -0.25) is 0 Å². The van der Waals surface area contributed by atoms with E-state index in [-0.39, 0.29) is 11.4 Å². The van der Waals surface area contributed by atoms with Crippen LogP contribution in [0.1, 0.15) is 39.3 Å². The van der Waals surface area contributed by atoms with Gasteiger partial charge in [0.1, 0.15) is 5.52 Å². The molecule has 25 heavy (non-hydrogen) atoms. The lowest BCUT2D eigenvalue weighted by Gasteiger charge is -2.36. The van der Waals surface area contributed by atoms with Crippen molar-refractivity contribution in [3.8, 4) is 0 Å². The fraction of sp³-hybridized carbons (Fsp3) is 0.611. The molecule has 2 aliphatic rings. The van der Waals surface area contributed by atoms with Gasteiger partial charge in [-0.05, 0) is 18.9 Å². The molecule has 0 aliphatic carbocycles. The van der Waals surface area contributed by atoms with E-state index in [1.165, 1.54) is 0 Å². The highest BCUT2D eigenvalue weighted by molar-refractivity contribution is 5.76. The van der Waals surface area contributed by atoms with E-state index in [1.807, 2.05) is 21.8 Å². The number of nitrogens with zero attached hydrogens (tertiary/aromatic N) is 5. The fourth-order valence-electron chi connectivity index (χ4n) is 3.74. The van der Waals surface area contributed by atoms with Gasteiger partial charge in [0.15, 0.2) is 5.82 Å². The molecular weight excluding hydrogens is 316 g/mol. The molecule has 0 saturated carbocycles. The molecule has 0 spiro atoms. The molecule has 0 atom stereocenters. The smallest absolute Gasteiger partial charge is 0.317 e. The Kier molecular flexibility index (Phi) is 3.81. The number of hydrogen-bond donors (Lipinski definition) is 1. The van der Waals surface area contributed by atoms with Crippen molar-refractivity contribution in [2.24, 2.45) is 0 Å². The number of fused-ring (bicyclic) bond motifs is 1. The highest BCUT2D eigenvalue weighted by Crippen LogP contribution is 2.28. The lowest BCUT2D eigenvalue weighted by molar-refractivity contribution is 0.186. The zero-order valence-corrected chi connectivity index (χ0v) is 15.2. The normalized spacial score (nSPS) is 19.7. The Balaban J connectivity index is 1.55. The van der Waals surface area contributed by atoms with E-state index in [0.717, 1.165) is 56.0 Å². The van der Waals surface area contributed by atoms with Crippen LogP contribution in [0.25, 0.3) is 5.52 Å². The van der Waals surface area contributed by atoms with Gasteiger partial charge in [-0.1, -0.05) is 20.8 Å². The van der Waals surface area contributed by atoms with E-state index in [1.54, 1.807) is 0 Å². The maximum atomic E-state index is 11.9. The molecule has 7 heteroatoms. The molecule has 2 aromatic heterocycles. The number of hydrogen-bond acceptors (Lipinski definition) is 4. The third-order valence-corrected chi connectivity index (χ3v) is 5.23. The molecule has 2 saturated heterocycles. The van der Waals surface area contributed by atoms with Crippen molar-refractivity contribution in [1.82, 2.24) is 24.8 Å². The molecule has 0 aromatic carbocycles. The molecule has 134 valence electrons. The first-order valence-corrected chi connectivity index (χ1v) is 9.08. The average Bonchev–Trinajstić information content (AvgIpc) is 3.20. The van der Waals surface area contributed by atoms with Gasteiger partial charge in [0.05, 0.1) is 5.69 Å². The average molecular weight is 342 g/mol. The molecule has 4 heterocycles. The van der Waals surface area contributed by atoms with Crippen LogP contribution >= 0.6 is 0 Å². The van der Waals surface area contributed by atoms with Gasteiger partial charge in [0.25, 0.3) is 0 Å². The summed E-state index contributed by atoms with van der Waals surface area (Å²) in [5.74, 6) is 0.995. The van der Waals surface area contributed by atoms with E-state index < -0.39 is 0 Å². The van der Waals surface area contributed by atoms with Crippen molar-refractivity contribution in [3.63, 3.8) is 0 Å². The number of amides is 2. The molecular formula is C18H26N6O. The van der Waals surface area contributed by atoms with E-state index in [2.05, 4.69) is 42.0 Å². The molecule has 2 aromatic rings. The minimum absolute atomic E-state index is 0.0133. The highest BCUT2D eigenvalue weighted by atomic mass is 16.2. The second-order valence-electron chi connectivity index (χ2n) is 8.00. The number of urea groups is 1. The minimum Gasteiger partial charge on any atom is -0.355 e. The summed E-state index contributed by atoms with van der Waals surface area (Å²) < 4.78 is 1.93. The molecule has 2 fully saturated rings. The summed E-state index contributed by atoms with van der Waals surface area (Å²) in [6.07, 6.45) is 5.70. The monoisotopic (exact) mass is 342 g/mol. The van der Waals surface area contributed by atoms with Crippen LogP contribution in [0, 0.1) is 0 Å². The molecule has 0 unspecified atom stereocenters. The predicted octanol–water partition coefficient (Wildman–Crippen LogP) is 2.02. The zero-order chi connectivity index (χ0) is 17.6. The van der Waals surface area contributed by atoms with Crippen LogP contribution in [0.15, 0.2) is 18.5 Å². The van der Waals surface area contributed by atoms with Crippen molar-refractivity contribution in [2.45, 2.75) is 45.1 Å². The van der Waals surface area contributed by atoms with E-state index in [0.29, 0.717) is 6.04 Å². The van der Waals surface area contributed by atoms with Crippen LogP contribution in [0.3, 0.4) is 0 Å². The minimum atomic E-state index is 0.0133. The fourth-order valence-corrected chi connectivity index (χ4v) is 3.74. The Morgan fingerprint density at radius 2 is 1.96 bits per heavy atom. The lowest BCUT2D eigenvalue weighted by Crippen LogP contribution is -2.46. The number of carbonyl (C=O) groups is 1. The van der Waals surface area contributed by atoms with Gasteiger partial charge in [-0.2, -0.15) is 5.10 Å². The van der Waals surface area contributed by atoms with Crippen LogP contribution in [0.4, 0.5) is 10.6 Å². The Morgan fingerprint density at radius 1 is 1.20 bits per heavy atom. The summed E-state index contributed by atoms with van der Waals surface area (Å²) in [5.41, 5.74) is 2.15. The van der Waals surface area contributed by atoms with Crippen molar-refractivity contribution in [2.75, 3.05) is 31.1 Å². The Bertz CT molecular complexity index is 784. The van der Waals surface area contributed by atoms with Crippen LogP contribution in [0.5, 0.6) is 0 Å². The topological polar surface area (TPSA) is 65.8 Å². The van der Waals surface area contributed by atoms with E-state index in [9.17, 15) is 4.79 Å². The van der Waals surface area contributed by atoms with Gasteiger partial charge in [0.2, 0.25) is 0 Å². The van der Waals surface area contributed by atoms with Crippen LogP contribution in [-0.4, -0.2) is 57.7 Å². The zero-order valence-electron chi connectivity index (χ0n) is 15.2. The summed E-state index contributed by atoms with van der Waals surface area (Å²) in [6, 6.07) is 2.58. The molecule has 0 bridgehead atoms. The summed E-state index contributed by atoms with van der Waals surface area (Å²) in [6.45, 7) is 9.95. The quantitative estimate of drug-likeness (QED) is 0.907. The van der Waals surface area contributed by atoms with E-state index in [4.69, 9.17) is 5.10 Å². The molecule has 1 N–H and O–H groups in total. The van der Waals surface area contributed by atoms with Gasteiger partial charge in [-0.15, -0.1) is 0 Å². The number of piperidine rings is 1. The molecule has 2 aliphatic heterocycles. The van der Waals surface area contributed by atoms with Crippen molar-refractivity contribution >= 4 is 17.4 Å². The van der Waals surface area contributed by atoms with Crippen molar-refractivity contribution < 1.29 is 4.79 Å². The maximum Gasteiger partial charge on any atom is 0.317 e. The number of anilines is 1. The third-order valence-electron chi connectivity index (χ3n) is 5.23. The number of nitrogens with one attached hydrogen (secondary N) is 1. The standard InChI is InChI=1S/C18H26N6O/c1-18(2,3)15-12-14-16(19-7-11-24(14)21-15)22-8-4-13(5-9-22)23-10-6-20-17(23)25/h7,11-13H,4-6,8-10H2,1-3H3,(H,20,25). The summed E-state index contributed by atoms with van der Waals surface area (Å²) >= 11 is 0. The Morgan fingerprint density at radius 3 is 2.60 bits per heavy atom. The Labute approximate surface area is 148 Å². The summed E-state index contributed by atoms with van der Waals surface area (Å²) in [4.78, 5) is 20.8. The van der Waals surface area contributed by atoms with Crippen LogP contribution < -0.4 is 10.2 Å². The summed E-state index contributed by atoms with van der Waals surface area (Å²) in [7, 11) is 0. The third kappa shape index (κ3) is 2.92. The molecule has 4 rings (SSSR count). The highest BCUT2D eigenvalue weighted by Gasteiger charge is 2.31. The number of rotatable bonds is 2. The van der Waals surface area contributed by atoms with Crippen molar-refractivity contribution in [3.05, 3.63) is 24.2 Å². The van der Waals surface area contributed by atoms with Crippen LogP contribution in [-0.2, 0) is 5.41 Å². The SMILES string of the molecule is CC(C)(C)c1cc2c(N3CCC(N4CCNC4=O)CC3)nccn2n1. The van der Waals surface area contributed by atoms with Gasteiger partial charge in [0, 0.05) is 50.0 Å². The molecule has 7 nitrogen and oxygen atoms in total. The maximum absolute atomic E-state index is 11.9. The second kappa shape index (κ2) is 5.89. The van der Waals surface area contributed by atoms with Gasteiger partial charge < -0.3 is 15.1 Å². The second-order valence-corrected chi connectivity index (χ2v) is 8.00. The first-order valence-electron chi connectivity index (χ1n) is 9.08. The predicted molar refractivity (Wildman–Crippen MR) is 97.0 cm³/mol. The Hall–Kier alpha value is -2.31. The first-order chi connectivity index (χ1) is 11.9.